The van der Waals surface area contributed by atoms with Gasteiger partial charge in [-0.3, -0.25) is 4.79 Å². The van der Waals surface area contributed by atoms with Gasteiger partial charge < -0.3 is 15.7 Å². The zero-order chi connectivity index (χ0) is 8.43. The number of carbonyl (C=O) groups is 1. The van der Waals surface area contributed by atoms with Crippen LogP contribution in [0.15, 0.2) is 0 Å². The van der Waals surface area contributed by atoms with Crippen molar-refractivity contribution in [3.8, 4) is 0 Å². The SMILES string of the molecule is CC(=O)N1CC(N)CC1CO. The van der Waals surface area contributed by atoms with Gasteiger partial charge in [0.05, 0.1) is 12.6 Å². The average Bonchev–Trinajstić information content (AvgIpc) is 2.30. The van der Waals surface area contributed by atoms with Crippen molar-refractivity contribution in [2.45, 2.75) is 25.4 Å². The molecule has 64 valence electrons. The Balaban J connectivity index is 2.57. The lowest BCUT2D eigenvalue weighted by atomic mass is 10.2. The number of likely N-dealkylation sites (tertiary alicyclic amines) is 1. The summed E-state index contributed by atoms with van der Waals surface area (Å²) in [6.07, 6.45) is 0.718. The second kappa shape index (κ2) is 3.19. The zero-order valence-electron chi connectivity index (χ0n) is 6.66. The second-order valence-electron chi connectivity index (χ2n) is 3.00. The summed E-state index contributed by atoms with van der Waals surface area (Å²) in [5.41, 5.74) is 5.62. The Labute approximate surface area is 66.0 Å². The fraction of sp³-hybridized carbons (Fsp3) is 0.857. The van der Waals surface area contributed by atoms with Gasteiger partial charge in [0, 0.05) is 19.5 Å². The predicted octanol–water partition coefficient (Wildman–Crippen LogP) is -1.07. The lowest BCUT2D eigenvalue weighted by molar-refractivity contribution is -0.130. The first kappa shape index (κ1) is 8.49. The summed E-state index contributed by atoms with van der Waals surface area (Å²) < 4.78 is 0. The van der Waals surface area contributed by atoms with E-state index in [9.17, 15) is 4.79 Å². The molecule has 3 N–H and O–H groups in total. The molecule has 4 nitrogen and oxygen atoms in total. The van der Waals surface area contributed by atoms with Crippen LogP contribution in [-0.2, 0) is 4.79 Å². The van der Waals surface area contributed by atoms with Gasteiger partial charge in [-0.15, -0.1) is 0 Å². The van der Waals surface area contributed by atoms with Gasteiger partial charge in [-0.25, -0.2) is 0 Å². The van der Waals surface area contributed by atoms with Crippen LogP contribution in [0.2, 0.25) is 0 Å². The van der Waals surface area contributed by atoms with Gasteiger partial charge in [0.15, 0.2) is 0 Å². The van der Waals surface area contributed by atoms with Crippen LogP contribution < -0.4 is 5.73 Å². The summed E-state index contributed by atoms with van der Waals surface area (Å²) >= 11 is 0. The summed E-state index contributed by atoms with van der Waals surface area (Å²) in [6, 6.07) is -0.0152. The number of aliphatic hydroxyl groups excluding tert-OH is 1. The summed E-state index contributed by atoms with van der Waals surface area (Å²) in [7, 11) is 0. The van der Waals surface area contributed by atoms with E-state index in [1.807, 2.05) is 0 Å². The van der Waals surface area contributed by atoms with Crippen molar-refractivity contribution < 1.29 is 9.90 Å². The maximum Gasteiger partial charge on any atom is 0.219 e. The molecule has 0 aliphatic carbocycles. The number of hydrogen-bond donors (Lipinski definition) is 2. The lowest BCUT2D eigenvalue weighted by Gasteiger charge is -2.20. The van der Waals surface area contributed by atoms with Gasteiger partial charge in [0.25, 0.3) is 0 Å². The average molecular weight is 158 g/mol. The molecule has 0 aromatic heterocycles. The molecule has 4 heteroatoms. The second-order valence-corrected chi connectivity index (χ2v) is 3.00. The van der Waals surface area contributed by atoms with Crippen molar-refractivity contribution in [1.29, 1.82) is 0 Å². The highest BCUT2D eigenvalue weighted by Crippen LogP contribution is 2.15. The summed E-state index contributed by atoms with van der Waals surface area (Å²) in [5, 5.41) is 8.85. The standard InChI is InChI=1S/C7H14N2O2/c1-5(11)9-3-6(8)2-7(9)4-10/h6-7,10H,2-4,8H2,1H3. The van der Waals surface area contributed by atoms with Crippen LogP contribution in [0.25, 0.3) is 0 Å². The number of carbonyl (C=O) groups excluding carboxylic acids is 1. The maximum atomic E-state index is 10.9. The number of amides is 1. The van der Waals surface area contributed by atoms with Crippen LogP contribution in [-0.4, -0.2) is 41.1 Å². The highest BCUT2D eigenvalue weighted by Gasteiger charge is 2.30. The fourth-order valence-corrected chi connectivity index (χ4v) is 1.51. The number of nitrogens with two attached hydrogens (primary N) is 1. The zero-order valence-corrected chi connectivity index (χ0v) is 6.66. The minimum atomic E-state index is -0.0532. The van der Waals surface area contributed by atoms with E-state index in [1.165, 1.54) is 6.92 Å². The van der Waals surface area contributed by atoms with E-state index in [2.05, 4.69) is 0 Å². The molecule has 1 fully saturated rings. The van der Waals surface area contributed by atoms with Crippen LogP contribution in [0.4, 0.5) is 0 Å². The van der Waals surface area contributed by atoms with E-state index in [0.29, 0.717) is 6.54 Å². The van der Waals surface area contributed by atoms with E-state index in [0.717, 1.165) is 6.42 Å². The minimum Gasteiger partial charge on any atom is -0.394 e. The highest BCUT2D eigenvalue weighted by atomic mass is 16.3. The molecule has 1 saturated heterocycles. The minimum absolute atomic E-state index is 0.00278. The van der Waals surface area contributed by atoms with E-state index < -0.39 is 0 Å². The maximum absolute atomic E-state index is 10.9. The number of aliphatic hydroxyl groups is 1. The van der Waals surface area contributed by atoms with Gasteiger partial charge in [-0.05, 0) is 6.42 Å². The molecule has 1 amide bonds. The highest BCUT2D eigenvalue weighted by molar-refractivity contribution is 5.74. The molecule has 0 aromatic carbocycles. The first-order valence-corrected chi connectivity index (χ1v) is 3.78. The Morgan fingerprint density at radius 3 is 2.82 bits per heavy atom. The van der Waals surface area contributed by atoms with Crippen LogP contribution in [0.1, 0.15) is 13.3 Å². The first-order chi connectivity index (χ1) is 5.15. The van der Waals surface area contributed by atoms with Crippen molar-refractivity contribution >= 4 is 5.91 Å². The van der Waals surface area contributed by atoms with Crippen molar-refractivity contribution in [3.05, 3.63) is 0 Å². The molecule has 0 saturated carbocycles. The molecule has 1 aliphatic heterocycles. The van der Waals surface area contributed by atoms with Crippen molar-refractivity contribution in [2.75, 3.05) is 13.2 Å². The molecule has 1 rings (SSSR count). The third-order valence-electron chi connectivity index (χ3n) is 2.06. The van der Waals surface area contributed by atoms with E-state index in [4.69, 9.17) is 10.8 Å². The molecule has 0 bridgehead atoms. The van der Waals surface area contributed by atoms with Gasteiger partial charge in [-0.1, -0.05) is 0 Å². The third-order valence-corrected chi connectivity index (χ3v) is 2.06. The predicted molar refractivity (Wildman–Crippen MR) is 40.9 cm³/mol. The molecule has 1 heterocycles. The molecular formula is C7H14N2O2. The Bertz CT molecular complexity index is 161. The smallest absolute Gasteiger partial charge is 0.219 e. The Morgan fingerprint density at radius 1 is 1.82 bits per heavy atom. The van der Waals surface area contributed by atoms with Crippen molar-refractivity contribution in [3.63, 3.8) is 0 Å². The van der Waals surface area contributed by atoms with Gasteiger partial charge in [-0.2, -0.15) is 0 Å². The molecule has 0 aromatic rings. The van der Waals surface area contributed by atoms with Crippen LogP contribution in [0.5, 0.6) is 0 Å². The monoisotopic (exact) mass is 158 g/mol. The third kappa shape index (κ3) is 1.70. The largest absolute Gasteiger partial charge is 0.394 e. The van der Waals surface area contributed by atoms with E-state index in [1.54, 1.807) is 4.90 Å². The van der Waals surface area contributed by atoms with Crippen LogP contribution in [0, 0.1) is 0 Å². The van der Waals surface area contributed by atoms with Gasteiger partial charge >= 0.3 is 0 Å². The van der Waals surface area contributed by atoms with Crippen molar-refractivity contribution in [1.82, 2.24) is 4.90 Å². The Morgan fingerprint density at radius 2 is 2.45 bits per heavy atom. The van der Waals surface area contributed by atoms with E-state index >= 15 is 0 Å². The lowest BCUT2D eigenvalue weighted by Crippen LogP contribution is -2.36. The van der Waals surface area contributed by atoms with Crippen molar-refractivity contribution in [2.24, 2.45) is 5.73 Å². The Hall–Kier alpha value is -0.610. The van der Waals surface area contributed by atoms with E-state index in [-0.39, 0.29) is 24.6 Å². The number of rotatable bonds is 1. The summed E-state index contributed by atoms with van der Waals surface area (Å²) in [6.45, 7) is 2.11. The summed E-state index contributed by atoms with van der Waals surface area (Å²) in [5.74, 6) is -0.00278. The molecule has 0 spiro atoms. The summed E-state index contributed by atoms with van der Waals surface area (Å²) in [4.78, 5) is 12.5. The fourth-order valence-electron chi connectivity index (χ4n) is 1.51. The molecule has 2 atom stereocenters. The molecule has 0 radical (unpaired) electrons. The topological polar surface area (TPSA) is 66.6 Å². The molecule has 1 aliphatic rings. The normalized spacial score (nSPS) is 31.0. The molecule has 11 heavy (non-hydrogen) atoms. The molecule has 2 unspecified atom stereocenters. The number of nitrogens with zero attached hydrogens (tertiary/aromatic N) is 1. The Kier molecular flexibility index (Phi) is 2.46. The molecular weight excluding hydrogens is 144 g/mol. The van der Waals surface area contributed by atoms with Gasteiger partial charge in [0.2, 0.25) is 5.91 Å². The quantitative estimate of drug-likeness (QED) is 0.510. The number of hydrogen-bond acceptors (Lipinski definition) is 3. The van der Waals surface area contributed by atoms with Crippen LogP contribution >= 0.6 is 0 Å². The van der Waals surface area contributed by atoms with Crippen LogP contribution in [0.3, 0.4) is 0 Å². The first-order valence-electron chi connectivity index (χ1n) is 3.78. The van der Waals surface area contributed by atoms with Gasteiger partial charge in [0.1, 0.15) is 0 Å².